The van der Waals surface area contributed by atoms with Crippen molar-refractivity contribution in [2.75, 3.05) is 0 Å². The molecule has 0 nitrogen and oxygen atoms in total. The molecule has 1 unspecified atom stereocenters. The topological polar surface area (TPSA) is 0 Å². The lowest BCUT2D eigenvalue weighted by Crippen LogP contribution is -1.96. The number of benzene rings is 4. The summed E-state index contributed by atoms with van der Waals surface area (Å²) in [4.78, 5) is 0. The van der Waals surface area contributed by atoms with Crippen molar-refractivity contribution in [3.05, 3.63) is 118 Å². The van der Waals surface area contributed by atoms with Gasteiger partial charge in [-0.1, -0.05) is 97.1 Å². The van der Waals surface area contributed by atoms with E-state index in [0.717, 1.165) is 6.42 Å². The maximum atomic E-state index is 2.48. The number of thiophene rings is 1. The molecule has 154 valence electrons. The Morgan fingerprint density at radius 2 is 1.56 bits per heavy atom. The Morgan fingerprint density at radius 3 is 2.41 bits per heavy atom. The lowest BCUT2D eigenvalue weighted by Gasteiger charge is -2.15. The Kier molecular flexibility index (Phi) is 5.20. The van der Waals surface area contributed by atoms with E-state index >= 15 is 0 Å². The van der Waals surface area contributed by atoms with E-state index in [1.807, 2.05) is 11.3 Å². The average Bonchev–Trinajstić information content (AvgIpc) is 3.23. The molecule has 0 bridgehead atoms. The minimum atomic E-state index is 0.478. The van der Waals surface area contributed by atoms with Crippen LogP contribution in [0.1, 0.15) is 17.9 Å². The van der Waals surface area contributed by atoms with Gasteiger partial charge in [0.05, 0.1) is 0 Å². The Morgan fingerprint density at radius 1 is 0.719 bits per heavy atom. The maximum absolute atomic E-state index is 2.48. The molecule has 0 spiro atoms. The molecule has 4 aromatic carbocycles. The maximum Gasteiger partial charge on any atom is 0.0444 e. The Labute approximate surface area is 206 Å². The van der Waals surface area contributed by atoms with Gasteiger partial charge in [0.2, 0.25) is 0 Å². The molecule has 1 aliphatic rings. The molecule has 1 heterocycles. The molecule has 0 saturated carbocycles. The zero-order valence-electron chi connectivity index (χ0n) is 17.5. The van der Waals surface area contributed by atoms with E-state index in [2.05, 4.69) is 132 Å². The fourth-order valence-electron chi connectivity index (χ4n) is 4.64. The third kappa shape index (κ3) is 3.52. The molecule has 2 heteroatoms. The first kappa shape index (κ1) is 20.0. The highest BCUT2D eigenvalue weighted by Crippen LogP contribution is 2.42. The van der Waals surface area contributed by atoms with Crippen LogP contribution in [-0.2, 0) is 0 Å². The second-order valence-electron chi connectivity index (χ2n) is 8.26. The van der Waals surface area contributed by atoms with Crippen molar-refractivity contribution in [1.29, 1.82) is 0 Å². The van der Waals surface area contributed by atoms with Gasteiger partial charge in [-0.3, -0.25) is 0 Å². The number of allylic oxidation sites excluding steroid dienone is 4. The summed E-state index contributed by atoms with van der Waals surface area (Å²) < 4.78 is 4.03. The molecule has 1 aliphatic carbocycles. The summed E-state index contributed by atoms with van der Waals surface area (Å²) in [6, 6.07) is 31.4. The molecule has 6 rings (SSSR count). The fraction of sp³-hybridized carbons (Fsp3) is 0.0667. The van der Waals surface area contributed by atoms with Gasteiger partial charge >= 0.3 is 0 Å². The molecule has 0 radical (unpaired) electrons. The summed E-state index contributed by atoms with van der Waals surface area (Å²) in [6.45, 7) is 0. The van der Waals surface area contributed by atoms with Crippen LogP contribution < -0.4 is 0 Å². The molecule has 32 heavy (non-hydrogen) atoms. The molecule has 0 amide bonds. The van der Waals surface area contributed by atoms with Gasteiger partial charge in [0.1, 0.15) is 0 Å². The zero-order valence-corrected chi connectivity index (χ0v) is 20.4. The SMILES string of the molecule is Ic1ccc2c(sc3ccccc32)c1-c1ccc(-c2cccc(C3C=CC=CC3)c2)cc1. The summed E-state index contributed by atoms with van der Waals surface area (Å²) in [5.74, 6) is 0.478. The summed E-state index contributed by atoms with van der Waals surface area (Å²) in [5, 5.41) is 2.71. The van der Waals surface area contributed by atoms with Crippen LogP contribution in [-0.4, -0.2) is 0 Å². The van der Waals surface area contributed by atoms with Crippen LogP contribution >= 0.6 is 33.9 Å². The minimum Gasteiger partial charge on any atom is -0.134 e. The highest BCUT2D eigenvalue weighted by Gasteiger charge is 2.14. The van der Waals surface area contributed by atoms with Crippen molar-refractivity contribution < 1.29 is 0 Å². The van der Waals surface area contributed by atoms with Gasteiger partial charge in [-0.05, 0) is 63.4 Å². The van der Waals surface area contributed by atoms with E-state index in [0.29, 0.717) is 5.92 Å². The quantitative estimate of drug-likeness (QED) is 0.200. The molecule has 0 aliphatic heterocycles. The first-order chi connectivity index (χ1) is 15.8. The highest BCUT2D eigenvalue weighted by molar-refractivity contribution is 14.1. The molecule has 1 aromatic heterocycles. The predicted molar refractivity (Wildman–Crippen MR) is 149 cm³/mol. The van der Waals surface area contributed by atoms with Crippen molar-refractivity contribution in [2.45, 2.75) is 12.3 Å². The standard InChI is InChI=1S/C30H21IS/c31-27-18-17-26-25-11-4-5-12-28(25)32-30(26)29(27)22-15-13-21(14-16-22)24-10-6-9-23(19-24)20-7-2-1-3-8-20/h1-7,9-20H,8H2. The molecule has 0 saturated heterocycles. The molecule has 5 aromatic rings. The van der Waals surface area contributed by atoms with Gasteiger partial charge in [-0.25, -0.2) is 0 Å². The second-order valence-corrected chi connectivity index (χ2v) is 10.5. The van der Waals surface area contributed by atoms with Gasteiger partial charge in [0.15, 0.2) is 0 Å². The van der Waals surface area contributed by atoms with Crippen molar-refractivity contribution in [3.63, 3.8) is 0 Å². The third-order valence-electron chi connectivity index (χ3n) is 6.30. The average molecular weight is 540 g/mol. The van der Waals surface area contributed by atoms with Crippen molar-refractivity contribution in [2.24, 2.45) is 0 Å². The van der Waals surface area contributed by atoms with E-state index in [1.165, 1.54) is 51.6 Å². The fourth-order valence-corrected chi connectivity index (χ4v) is 6.86. The van der Waals surface area contributed by atoms with Crippen LogP contribution in [0.3, 0.4) is 0 Å². The van der Waals surface area contributed by atoms with E-state index in [1.54, 1.807) is 0 Å². The van der Waals surface area contributed by atoms with Crippen LogP contribution in [0.5, 0.6) is 0 Å². The van der Waals surface area contributed by atoms with Crippen LogP contribution in [0.15, 0.2) is 109 Å². The minimum absolute atomic E-state index is 0.478. The van der Waals surface area contributed by atoms with E-state index < -0.39 is 0 Å². The first-order valence-electron chi connectivity index (χ1n) is 10.9. The zero-order chi connectivity index (χ0) is 21.5. The first-order valence-corrected chi connectivity index (χ1v) is 12.8. The van der Waals surface area contributed by atoms with Crippen LogP contribution in [0.2, 0.25) is 0 Å². The highest BCUT2D eigenvalue weighted by atomic mass is 127. The van der Waals surface area contributed by atoms with E-state index in [-0.39, 0.29) is 0 Å². The van der Waals surface area contributed by atoms with Gasteiger partial charge < -0.3 is 0 Å². The van der Waals surface area contributed by atoms with Gasteiger partial charge in [0.25, 0.3) is 0 Å². The Hall–Kier alpha value is -2.69. The Bertz CT molecular complexity index is 1500. The molecular formula is C30H21IS. The van der Waals surface area contributed by atoms with Crippen LogP contribution in [0, 0.1) is 3.57 Å². The number of hydrogen-bond acceptors (Lipinski definition) is 1. The van der Waals surface area contributed by atoms with Gasteiger partial charge in [0, 0.05) is 35.2 Å². The van der Waals surface area contributed by atoms with Crippen molar-refractivity contribution >= 4 is 54.1 Å². The molecular weight excluding hydrogens is 519 g/mol. The Balaban J connectivity index is 1.40. The summed E-state index contributed by atoms with van der Waals surface area (Å²) in [7, 11) is 0. The van der Waals surface area contributed by atoms with Crippen LogP contribution in [0.4, 0.5) is 0 Å². The number of fused-ring (bicyclic) bond motifs is 3. The lowest BCUT2D eigenvalue weighted by atomic mass is 9.90. The number of halogens is 1. The smallest absolute Gasteiger partial charge is 0.0444 e. The van der Waals surface area contributed by atoms with Gasteiger partial charge in [-0.15, -0.1) is 11.3 Å². The second kappa shape index (κ2) is 8.34. The van der Waals surface area contributed by atoms with Crippen LogP contribution in [0.25, 0.3) is 42.4 Å². The molecule has 1 atom stereocenters. The lowest BCUT2D eigenvalue weighted by molar-refractivity contribution is 0.854. The van der Waals surface area contributed by atoms with E-state index in [4.69, 9.17) is 0 Å². The van der Waals surface area contributed by atoms with Crippen molar-refractivity contribution in [3.8, 4) is 22.3 Å². The number of rotatable bonds is 3. The summed E-state index contributed by atoms with van der Waals surface area (Å²) in [5.41, 5.74) is 6.57. The summed E-state index contributed by atoms with van der Waals surface area (Å²) >= 11 is 4.38. The third-order valence-corrected chi connectivity index (χ3v) is 8.40. The number of hydrogen-bond donors (Lipinski definition) is 0. The van der Waals surface area contributed by atoms with Crippen molar-refractivity contribution in [1.82, 2.24) is 0 Å². The largest absolute Gasteiger partial charge is 0.134 e. The van der Waals surface area contributed by atoms with Gasteiger partial charge in [-0.2, -0.15) is 0 Å². The van der Waals surface area contributed by atoms with E-state index in [9.17, 15) is 0 Å². The molecule has 0 N–H and O–H groups in total. The monoisotopic (exact) mass is 540 g/mol. The molecule has 0 fully saturated rings. The normalized spacial score (nSPS) is 15.6. The predicted octanol–water partition coefficient (Wildman–Crippen LogP) is 9.59. The summed E-state index contributed by atoms with van der Waals surface area (Å²) in [6.07, 6.45) is 9.93.